The summed E-state index contributed by atoms with van der Waals surface area (Å²) in [5, 5.41) is 3.70. The molecule has 3 atom stereocenters. The minimum Gasteiger partial charge on any atom is -0.377 e. The molecule has 2 fully saturated rings. The summed E-state index contributed by atoms with van der Waals surface area (Å²) in [5.41, 5.74) is 0. The minimum absolute atomic E-state index is 0.487. The van der Waals surface area contributed by atoms with Crippen LogP contribution >= 0.6 is 0 Å². The third-order valence-corrected chi connectivity index (χ3v) is 4.53. The molecule has 1 heterocycles. The van der Waals surface area contributed by atoms with Gasteiger partial charge in [0.1, 0.15) is 0 Å². The molecule has 3 heteroatoms. The Hall–Kier alpha value is -0.120. The SMILES string of the molecule is CCNC1CCCCCC1N(C)CC1CCCO1. The first-order chi connectivity index (χ1) is 8.81. The van der Waals surface area contributed by atoms with Crippen molar-refractivity contribution in [2.75, 3.05) is 26.7 Å². The molecule has 1 saturated heterocycles. The largest absolute Gasteiger partial charge is 0.377 e. The van der Waals surface area contributed by atoms with Crippen molar-refractivity contribution < 1.29 is 4.74 Å². The fraction of sp³-hybridized carbons (Fsp3) is 1.00. The lowest BCUT2D eigenvalue weighted by molar-refractivity contribution is 0.0591. The highest BCUT2D eigenvalue weighted by Gasteiger charge is 2.28. The topological polar surface area (TPSA) is 24.5 Å². The molecule has 2 rings (SSSR count). The van der Waals surface area contributed by atoms with E-state index in [-0.39, 0.29) is 0 Å². The maximum atomic E-state index is 5.78. The second kappa shape index (κ2) is 7.46. The average molecular weight is 254 g/mol. The van der Waals surface area contributed by atoms with Crippen LogP contribution < -0.4 is 5.32 Å². The highest BCUT2D eigenvalue weighted by molar-refractivity contribution is 4.86. The second-order valence-electron chi connectivity index (χ2n) is 5.94. The lowest BCUT2D eigenvalue weighted by Gasteiger charge is -2.35. The molecule has 3 unspecified atom stereocenters. The molecule has 1 aliphatic heterocycles. The summed E-state index contributed by atoms with van der Waals surface area (Å²) in [6, 6.07) is 1.39. The van der Waals surface area contributed by atoms with E-state index in [0.717, 1.165) is 19.7 Å². The summed E-state index contributed by atoms with van der Waals surface area (Å²) in [6.45, 7) is 5.41. The lowest BCUT2D eigenvalue weighted by Crippen LogP contribution is -2.49. The lowest BCUT2D eigenvalue weighted by atomic mass is 10.0. The van der Waals surface area contributed by atoms with Crippen LogP contribution in [-0.4, -0.2) is 49.8 Å². The molecule has 106 valence electrons. The first kappa shape index (κ1) is 14.3. The molecule has 1 aliphatic carbocycles. The number of nitrogens with zero attached hydrogens (tertiary/aromatic N) is 1. The first-order valence-electron chi connectivity index (χ1n) is 7.86. The number of ether oxygens (including phenoxy) is 1. The highest BCUT2D eigenvalue weighted by atomic mass is 16.5. The summed E-state index contributed by atoms with van der Waals surface area (Å²) >= 11 is 0. The highest BCUT2D eigenvalue weighted by Crippen LogP contribution is 2.23. The minimum atomic E-state index is 0.487. The Labute approximate surface area is 112 Å². The van der Waals surface area contributed by atoms with Crippen LogP contribution in [0.2, 0.25) is 0 Å². The number of hydrogen-bond acceptors (Lipinski definition) is 3. The van der Waals surface area contributed by atoms with Gasteiger partial charge in [0.05, 0.1) is 6.10 Å². The van der Waals surface area contributed by atoms with Gasteiger partial charge in [0.2, 0.25) is 0 Å². The van der Waals surface area contributed by atoms with Gasteiger partial charge in [-0.15, -0.1) is 0 Å². The molecule has 1 N–H and O–H groups in total. The zero-order chi connectivity index (χ0) is 12.8. The molecule has 2 aliphatic rings. The quantitative estimate of drug-likeness (QED) is 0.763. The van der Waals surface area contributed by atoms with Gasteiger partial charge in [-0.05, 0) is 39.3 Å². The van der Waals surface area contributed by atoms with E-state index in [1.807, 2.05) is 0 Å². The monoisotopic (exact) mass is 254 g/mol. The van der Waals surface area contributed by atoms with Crippen LogP contribution in [-0.2, 0) is 4.74 Å². The molecule has 0 amide bonds. The third-order valence-electron chi connectivity index (χ3n) is 4.53. The first-order valence-corrected chi connectivity index (χ1v) is 7.86. The van der Waals surface area contributed by atoms with Gasteiger partial charge in [0, 0.05) is 25.2 Å². The predicted molar refractivity (Wildman–Crippen MR) is 75.9 cm³/mol. The van der Waals surface area contributed by atoms with Crippen LogP contribution in [0.3, 0.4) is 0 Å². The number of hydrogen-bond donors (Lipinski definition) is 1. The Morgan fingerprint density at radius 3 is 2.67 bits per heavy atom. The third kappa shape index (κ3) is 3.94. The van der Waals surface area contributed by atoms with E-state index < -0.39 is 0 Å². The zero-order valence-corrected chi connectivity index (χ0v) is 12.2. The Balaban J connectivity index is 1.88. The molecule has 3 nitrogen and oxygen atoms in total. The van der Waals surface area contributed by atoms with E-state index >= 15 is 0 Å². The van der Waals surface area contributed by atoms with Gasteiger partial charge in [-0.3, -0.25) is 4.90 Å². The number of likely N-dealkylation sites (N-methyl/N-ethyl adjacent to an activating group) is 2. The summed E-state index contributed by atoms with van der Waals surface area (Å²) < 4.78 is 5.78. The van der Waals surface area contributed by atoms with Crippen LogP contribution in [0.5, 0.6) is 0 Å². The van der Waals surface area contributed by atoms with E-state index in [4.69, 9.17) is 4.74 Å². The van der Waals surface area contributed by atoms with Crippen LogP contribution in [0.1, 0.15) is 51.9 Å². The summed E-state index contributed by atoms with van der Waals surface area (Å²) in [6.07, 6.45) is 9.87. The molecule has 0 aromatic carbocycles. The van der Waals surface area contributed by atoms with Crippen molar-refractivity contribution in [1.29, 1.82) is 0 Å². The van der Waals surface area contributed by atoms with Crippen molar-refractivity contribution in [1.82, 2.24) is 10.2 Å². The van der Waals surface area contributed by atoms with Crippen molar-refractivity contribution in [3.8, 4) is 0 Å². The Bertz CT molecular complexity index is 229. The average Bonchev–Trinajstić information content (AvgIpc) is 2.74. The van der Waals surface area contributed by atoms with Crippen molar-refractivity contribution in [2.24, 2.45) is 0 Å². The maximum Gasteiger partial charge on any atom is 0.0702 e. The molecular formula is C15H30N2O. The zero-order valence-electron chi connectivity index (χ0n) is 12.2. The fourth-order valence-corrected chi connectivity index (χ4v) is 3.56. The van der Waals surface area contributed by atoms with Gasteiger partial charge in [-0.2, -0.15) is 0 Å². The van der Waals surface area contributed by atoms with Crippen LogP contribution in [0.4, 0.5) is 0 Å². The molecule has 0 spiro atoms. The number of nitrogens with one attached hydrogen (secondary N) is 1. The molecule has 1 saturated carbocycles. The fourth-order valence-electron chi connectivity index (χ4n) is 3.56. The van der Waals surface area contributed by atoms with E-state index in [9.17, 15) is 0 Å². The van der Waals surface area contributed by atoms with Gasteiger partial charge in [0.15, 0.2) is 0 Å². The van der Waals surface area contributed by atoms with Crippen LogP contribution in [0, 0.1) is 0 Å². The molecule has 0 radical (unpaired) electrons. The number of rotatable bonds is 5. The standard InChI is InChI=1S/C15H30N2O/c1-3-16-14-9-5-4-6-10-15(14)17(2)12-13-8-7-11-18-13/h13-16H,3-12H2,1-2H3. The van der Waals surface area contributed by atoms with E-state index in [1.54, 1.807) is 0 Å². The maximum absolute atomic E-state index is 5.78. The van der Waals surface area contributed by atoms with Gasteiger partial charge in [-0.25, -0.2) is 0 Å². The van der Waals surface area contributed by atoms with Crippen LogP contribution in [0.15, 0.2) is 0 Å². The summed E-state index contributed by atoms with van der Waals surface area (Å²) in [5.74, 6) is 0. The molecule has 0 aromatic heterocycles. The van der Waals surface area contributed by atoms with Gasteiger partial charge in [0.25, 0.3) is 0 Å². The predicted octanol–water partition coefficient (Wildman–Crippen LogP) is 2.41. The summed E-state index contributed by atoms with van der Waals surface area (Å²) in [4.78, 5) is 2.56. The van der Waals surface area contributed by atoms with Crippen LogP contribution in [0.25, 0.3) is 0 Å². The van der Waals surface area contributed by atoms with E-state index in [0.29, 0.717) is 18.2 Å². The normalized spacial score (nSPS) is 33.8. The van der Waals surface area contributed by atoms with Crippen molar-refractivity contribution in [3.05, 3.63) is 0 Å². The second-order valence-corrected chi connectivity index (χ2v) is 5.94. The van der Waals surface area contributed by atoms with Crippen molar-refractivity contribution in [2.45, 2.75) is 70.1 Å². The van der Waals surface area contributed by atoms with E-state index in [2.05, 4.69) is 24.2 Å². The summed E-state index contributed by atoms with van der Waals surface area (Å²) in [7, 11) is 2.29. The molecule has 0 aromatic rings. The Kier molecular flexibility index (Phi) is 5.93. The van der Waals surface area contributed by atoms with Gasteiger partial charge < -0.3 is 10.1 Å². The van der Waals surface area contributed by atoms with Crippen molar-refractivity contribution >= 4 is 0 Å². The smallest absolute Gasteiger partial charge is 0.0702 e. The van der Waals surface area contributed by atoms with Gasteiger partial charge >= 0.3 is 0 Å². The molecule has 0 bridgehead atoms. The Morgan fingerprint density at radius 2 is 1.94 bits per heavy atom. The van der Waals surface area contributed by atoms with E-state index in [1.165, 1.54) is 44.9 Å². The molecule has 18 heavy (non-hydrogen) atoms. The molecular weight excluding hydrogens is 224 g/mol. The Morgan fingerprint density at radius 1 is 1.11 bits per heavy atom. The van der Waals surface area contributed by atoms with Crippen molar-refractivity contribution in [3.63, 3.8) is 0 Å². The van der Waals surface area contributed by atoms with Gasteiger partial charge in [-0.1, -0.05) is 26.2 Å².